The maximum Gasteiger partial charge on any atom is 0.266 e. The minimum absolute atomic E-state index is 0.0801. The molecule has 0 bridgehead atoms. The molecule has 3 heterocycles. The largest absolute Gasteiger partial charge is 0.319 e. The number of anilines is 1. The van der Waals surface area contributed by atoms with Gasteiger partial charge >= 0.3 is 0 Å². The van der Waals surface area contributed by atoms with Gasteiger partial charge in [0.15, 0.2) is 5.82 Å². The van der Waals surface area contributed by atoms with Crippen LogP contribution in [0.5, 0.6) is 0 Å². The molecule has 4 aromatic rings. The summed E-state index contributed by atoms with van der Waals surface area (Å²) in [5.74, 6) is 0.316. The Hall–Kier alpha value is -3.13. The van der Waals surface area contributed by atoms with Crippen LogP contribution in [0.1, 0.15) is 40.3 Å². The Morgan fingerprint density at radius 3 is 2.84 bits per heavy atom. The van der Waals surface area contributed by atoms with Gasteiger partial charge < -0.3 is 9.88 Å². The lowest BCUT2D eigenvalue weighted by atomic mass is 10.1. The second kappa shape index (κ2) is 7.85. The van der Waals surface area contributed by atoms with Crippen molar-refractivity contribution in [2.75, 3.05) is 5.32 Å². The van der Waals surface area contributed by atoms with Crippen molar-refractivity contribution in [2.45, 2.75) is 39.2 Å². The number of aromatic nitrogens is 3. The Morgan fingerprint density at radius 1 is 1.10 bits per heavy atom. The van der Waals surface area contributed by atoms with Crippen molar-refractivity contribution in [3.05, 3.63) is 64.3 Å². The SMILES string of the molecule is Cc1c(C(=O)Nc2cc(-c3nnc4n3CCCCC4)ccc2F)sc2ccc(F)cc12. The zero-order chi connectivity index (χ0) is 21.5. The van der Waals surface area contributed by atoms with E-state index in [2.05, 4.69) is 20.1 Å². The van der Waals surface area contributed by atoms with E-state index in [0.29, 0.717) is 27.2 Å². The van der Waals surface area contributed by atoms with Crippen molar-refractivity contribution >= 4 is 33.0 Å². The fourth-order valence-corrected chi connectivity index (χ4v) is 5.13. The van der Waals surface area contributed by atoms with Crippen LogP contribution in [0.25, 0.3) is 21.5 Å². The van der Waals surface area contributed by atoms with Crippen molar-refractivity contribution in [3.63, 3.8) is 0 Å². The zero-order valence-electron chi connectivity index (χ0n) is 16.9. The van der Waals surface area contributed by atoms with Crippen LogP contribution in [0, 0.1) is 18.6 Å². The summed E-state index contributed by atoms with van der Waals surface area (Å²) in [6.45, 7) is 2.60. The number of rotatable bonds is 3. The van der Waals surface area contributed by atoms with Crippen LogP contribution in [0.4, 0.5) is 14.5 Å². The highest BCUT2D eigenvalue weighted by molar-refractivity contribution is 7.21. The predicted molar refractivity (Wildman–Crippen MR) is 117 cm³/mol. The molecule has 0 saturated heterocycles. The van der Waals surface area contributed by atoms with Gasteiger partial charge in [-0.1, -0.05) is 6.42 Å². The normalized spacial score (nSPS) is 13.8. The van der Waals surface area contributed by atoms with E-state index in [1.807, 2.05) is 0 Å². The summed E-state index contributed by atoms with van der Waals surface area (Å²) in [7, 11) is 0. The molecule has 31 heavy (non-hydrogen) atoms. The van der Waals surface area contributed by atoms with Crippen LogP contribution in [-0.4, -0.2) is 20.7 Å². The number of nitrogens with one attached hydrogen (secondary N) is 1. The Morgan fingerprint density at radius 2 is 1.97 bits per heavy atom. The first-order chi connectivity index (χ1) is 15.0. The van der Waals surface area contributed by atoms with E-state index in [1.165, 1.54) is 29.5 Å². The standard InChI is InChI=1S/C23H20F2N4OS/c1-13-16-12-15(24)7-9-19(16)31-21(13)23(30)26-18-11-14(6-8-17(18)25)22-28-27-20-5-3-2-4-10-29(20)22/h6-9,11-12H,2-5,10H2,1H3,(H,26,30). The van der Waals surface area contributed by atoms with Crippen LogP contribution in [0.3, 0.4) is 0 Å². The van der Waals surface area contributed by atoms with Gasteiger partial charge in [-0.05, 0) is 67.1 Å². The van der Waals surface area contributed by atoms with Gasteiger partial charge in [-0.15, -0.1) is 21.5 Å². The second-order valence-corrected chi connectivity index (χ2v) is 8.80. The second-order valence-electron chi connectivity index (χ2n) is 7.75. The summed E-state index contributed by atoms with van der Waals surface area (Å²) in [6.07, 6.45) is 4.16. The maximum atomic E-state index is 14.5. The molecule has 0 spiro atoms. The first-order valence-electron chi connectivity index (χ1n) is 10.2. The van der Waals surface area contributed by atoms with Gasteiger partial charge in [0.1, 0.15) is 17.5 Å². The third-order valence-electron chi connectivity index (χ3n) is 5.69. The van der Waals surface area contributed by atoms with E-state index < -0.39 is 11.7 Å². The van der Waals surface area contributed by atoms with Gasteiger partial charge in [0.05, 0.1) is 10.6 Å². The van der Waals surface area contributed by atoms with Crippen molar-refractivity contribution in [3.8, 4) is 11.4 Å². The highest BCUT2D eigenvalue weighted by atomic mass is 32.1. The van der Waals surface area contributed by atoms with Gasteiger partial charge in [0, 0.05) is 23.2 Å². The smallest absolute Gasteiger partial charge is 0.266 e. The van der Waals surface area contributed by atoms with Gasteiger partial charge in [0.2, 0.25) is 0 Å². The molecule has 0 saturated carbocycles. The monoisotopic (exact) mass is 438 g/mol. The molecule has 0 fully saturated rings. The molecule has 158 valence electrons. The zero-order valence-corrected chi connectivity index (χ0v) is 17.7. The first-order valence-corrected chi connectivity index (χ1v) is 11.0. The highest BCUT2D eigenvalue weighted by Crippen LogP contribution is 2.33. The van der Waals surface area contributed by atoms with E-state index >= 15 is 0 Å². The Balaban J connectivity index is 1.47. The topological polar surface area (TPSA) is 59.8 Å². The number of fused-ring (bicyclic) bond motifs is 2. The summed E-state index contributed by atoms with van der Waals surface area (Å²) in [6, 6.07) is 9.01. The summed E-state index contributed by atoms with van der Waals surface area (Å²) < 4.78 is 31.0. The summed E-state index contributed by atoms with van der Waals surface area (Å²) in [5, 5.41) is 12.0. The Kier molecular flexibility index (Phi) is 5.02. The predicted octanol–water partition coefficient (Wildman–Crippen LogP) is 5.73. The van der Waals surface area contributed by atoms with E-state index in [-0.39, 0.29) is 11.5 Å². The molecular weight excluding hydrogens is 418 g/mol. The number of amides is 1. The van der Waals surface area contributed by atoms with E-state index in [0.717, 1.165) is 42.8 Å². The van der Waals surface area contributed by atoms with Crippen molar-refractivity contribution in [1.29, 1.82) is 0 Å². The number of nitrogens with zero attached hydrogens (tertiary/aromatic N) is 3. The lowest BCUT2D eigenvalue weighted by Gasteiger charge is -2.10. The van der Waals surface area contributed by atoms with Crippen molar-refractivity contribution in [2.24, 2.45) is 0 Å². The third kappa shape index (κ3) is 3.61. The molecule has 0 unspecified atom stereocenters. The lowest BCUT2D eigenvalue weighted by molar-refractivity contribution is 0.102. The maximum absolute atomic E-state index is 14.5. The van der Waals surface area contributed by atoms with Crippen LogP contribution in [0.15, 0.2) is 36.4 Å². The number of hydrogen-bond donors (Lipinski definition) is 1. The average molecular weight is 439 g/mol. The molecule has 0 aliphatic carbocycles. The summed E-state index contributed by atoms with van der Waals surface area (Å²) in [4.78, 5) is 13.4. The summed E-state index contributed by atoms with van der Waals surface area (Å²) in [5.41, 5.74) is 1.46. The number of aryl methyl sites for hydroxylation is 2. The van der Waals surface area contributed by atoms with E-state index in [9.17, 15) is 13.6 Å². The molecule has 1 aliphatic rings. The van der Waals surface area contributed by atoms with Gasteiger partial charge in [-0.25, -0.2) is 8.78 Å². The average Bonchev–Trinajstić information content (AvgIpc) is 3.21. The van der Waals surface area contributed by atoms with E-state index in [1.54, 1.807) is 25.1 Å². The highest BCUT2D eigenvalue weighted by Gasteiger charge is 2.20. The Bertz CT molecular complexity index is 1310. The summed E-state index contributed by atoms with van der Waals surface area (Å²) >= 11 is 1.26. The van der Waals surface area contributed by atoms with Crippen molar-refractivity contribution in [1.82, 2.24) is 14.8 Å². The molecule has 0 atom stereocenters. The lowest BCUT2D eigenvalue weighted by Crippen LogP contribution is -2.13. The first kappa shape index (κ1) is 19.8. The molecular formula is C23H20F2N4OS. The third-order valence-corrected chi connectivity index (χ3v) is 6.96. The van der Waals surface area contributed by atoms with Gasteiger partial charge in [0.25, 0.3) is 5.91 Å². The Labute approximate surface area is 181 Å². The van der Waals surface area contributed by atoms with Crippen LogP contribution in [0.2, 0.25) is 0 Å². The number of benzene rings is 2. The molecule has 1 N–H and O–H groups in total. The molecule has 8 heteroatoms. The number of halogens is 2. The minimum atomic E-state index is -0.530. The van der Waals surface area contributed by atoms with Crippen LogP contribution in [-0.2, 0) is 13.0 Å². The quantitative estimate of drug-likeness (QED) is 0.445. The van der Waals surface area contributed by atoms with Gasteiger partial charge in [-0.3, -0.25) is 4.79 Å². The molecule has 5 rings (SSSR count). The fraction of sp³-hybridized carbons (Fsp3) is 0.261. The number of carbonyl (C=O) groups is 1. The number of carbonyl (C=O) groups excluding carboxylic acids is 1. The van der Waals surface area contributed by atoms with Crippen LogP contribution < -0.4 is 5.32 Å². The minimum Gasteiger partial charge on any atom is -0.319 e. The van der Waals surface area contributed by atoms with Gasteiger partial charge in [-0.2, -0.15) is 0 Å². The molecule has 5 nitrogen and oxygen atoms in total. The fourth-order valence-electron chi connectivity index (χ4n) is 4.05. The number of hydrogen-bond acceptors (Lipinski definition) is 4. The van der Waals surface area contributed by atoms with Crippen molar-refractivity contribution < 1.29 is 13.6 Å². The molecule has 0 radical (unpaired) electrons. The molecule has 1 amide bonds. The van der Waals surface area contributed by atoms with E-state index in [4.69, 9.17) is 0 Å². The number of thiophene rings is 1. The molecule has 2 aromatic heterocycles. The molecule has 1 aliphatic heterocycles. The van der Waals surface area contributed by atoms with Crippen LogP contribution >= 0.6 is 11.3 Å². The molecule has 2 aromatic carbocycles.